The van der Waals surface area contributed by atoms with Gasteiger partial charge in [-0.2, -0.15) is 0 Å². The number of amides is 1. The van der Waals surface area contributed by atoms with Crippen LogP contribution < -0.4 is 0 Å². The summed E-state index contributed by atoms with van der Waals surface area (Å²) in [5.74, 6) is 0.461. The Kier molecular flexibility index (Phi) is 3.04. The molecule has 5 nitrogen and oxygen atoms in total. The van der Waals surface area contributed by atoms with Gasteiger partial charge in [-0.25, -0.2) is 0 Å². The molecule has 0 radical (unpaired) electrons. The van der Waals surface area contributed by atoms with Crippen molar-refractivity contribution in [3.05, 3.63) is 53.7 Å². The Balaban J connectivity index is 1.39. The van der Waals surface area contributed by atoms with E-state index in [4.69, 9.17) is 4.42 Å². The average molecular weight is 297 g/mol. The maximum absolute atomic E-state index is 12.4. The van der Waals surface area contributed by atoms with Crippen LogP contribution in [-0.4, -0.2) is 45.9 Å². The number of pyridine rings is 1. The van der Waals surface area contributed by atoms with Gasteiger partial charge in [0.25, 0.3) is 5.91 Å². The van der Waals surface area contributed by atoms with Crippen LogP contribution in [-0.2, 0) is 6.54 Å². The number of nitrogens with zero attached hydrogens (tertiary/aromatic N) is 3. The first-order valence-electron chi connectivity index (χ1n) is 7.67. The molecule has 1 amide bonds. The molecule has 2 aromatic rings. The quantitative estimate of drug-likeness (QED) is 0.870. The van der Waals surface area contributed by atoms with Crippen molar-refractivity contribution < 1.29 is 9.21 Å². The van der Waals surface area contributed by atoms with Gasteiger partial charge in [-0.1, -0.05) is 6.07 Å². The second-order valence-electron chi connectivity index (χ2n) is 6.32. The minimum absolute atomic E-state index is 0.0181. The monoisotopic (exact) mass is 297 g/mol. The summed E-state index contributed by atoms with van der Waals surface area (Å²) in [5.41, 5.74) is 2.16. The van der Waals surface area contributed by atoms with Crippen molar-refractivity contribution in [1.82, 2.24) is 14.8 Å². The van der Waals surface area contributed by atoms with Crippen LogP contribution in [0.4, 0.5) is 0 Å². The summed E-state index contributed by atoms with van der Waals surface area (Å²) in [6, 6.07) is 9.61. The molecule has 114 valence electrons. The van der Waals surface area contributed by atoms with Crippen LogP contribution in [0.25, 0.3) is 0 Å². The summed E-state index contributed by atoms with van der Waals surface area (Å²) in [5, 5.41) is 0. The van der Waals surface area contributed by atoms with Crippen molar-refractivity contribution in [1.29, 1.82) is 0 Å². The first-order chi connectivity index (χ1) is 10.7. The van der Waals surface area contributed by atoms with Crippen LogP contribution in [0.2, 0.25) is 0 Å². The number of furan rings is 1. The highest BCUT2D eigenvalue weighted by molar-refractivity contribution is 5.92. The lowest BCUT2D eigenvalue weighted by molar-refractivity contribution is -0.104. The minimum atomic E-state index is 0.0181. The fraction of sp³-hybridized carbons (Fsp3) is 0.412. The highest BCUT2D eigenvalue weighted by Gasteiger charge is 2.55. The third-order valence-corrected chi connectivity index (χ3v) is 4.72. The molecule has 2 saturated heterocycles. The molecule has 2 aromatic heterocycles. The van der Waals surface area contributed by atoms with Crippen LogP contribution in [0.1, 0.15) is 28.4 Å². The standard InChI is InChI=1S/C17H19N3O2/c1-13-4-2-5-14(18-13)10-19-11-17(12-19)7-8-20(17)16(21)15-6-3-9-22-15/h2-6,9H,7-8,10-12H2,1H3. The van der Waals surface area contributed by atoms with Gasteiger partial charge in [-0.05, 0) is 37.6 Å². The van der Waals surface area contributed by atoms with E-state index in [1.165, 1.54) is 0 Å². The summed E-state index contributed by atoms with van der Waals surface area (Å²) in [7, 11) is 0. The maximum atomic E-state index is 12.4. The number of likely N-dealkylation sites (tertiary alicyclic amines) is 2. The molecule has 0 bridgehead atoms. The molecule has 4 rings (SSSR count). The Morgan fingerprint density at radius 3 is 2.82 bits per heavy atom. The van der Waals surface area contributed by atoms with E-state index in [1.54, 1.807) is 18.4 Å². The first-order valence-corrected chi connectivity index (χ1v) is 7.67. The third kappa shape index (κ3) is 2.13. The molecule has 4 heterocycles. The second kappa shape index (κ2) is 4.95. The molecule has 0 aliphatic carbocycles. The van der Waals surface area contributed by atoms with Gasteiger partial charge >= 0.3 is 0 Å². The van der Waals surface area contributed by atoms with Crippen LogP contribution in [0.3, 0.4) is 0 Å². The topological polar surface area (TPSA) is 49.6 Å². The zero-order chi connectivity index (χ0) is 15.2. The number of carbonyl (C=O) groups excluding carboxylic acids is 1. The van der Waals surface area contributed by atoms with Crippen LogP contribution >= 0.6 is 0 Å². The molecular formula is C17H19N3O2. The molecule has 1 spiro atoms. The van der Waals surface area contributed by atoms with Gasteiger partial charge in [0.05, 0.1) is 17.5 Å². The smallest absolute Gasteiger partial charge is 0.290 e. The predicted octanol–water partition coefficient (Wildman–Crippen LogP) is 2.08. The molecule has 0 unspecified atom stereocenters. The lowest BCUT2D eigenvalue weighted by atomic mass is 9.77. The number of carbonyl (C=O) groups is 1. The Hall–Kier alpha value is -2.14. The zero-order valence-electron chi connectivity index (χ0n) is 12.7. The van der Waals surface area contributed by atoms with E-state index < -0.39 is 0 Å². The molecule has 22 heavy (non-hydrogen) atoms. The van der Waals surface area contributed by atoms with Crippen molar-refractivity contribution in [3.63, 3.8) is 0 Å². The van der Waals surface area contributed by atoms with Crippen molar-refractivity contribution in [2.24, 2.45) is 0 Å². The van der Waals surface area contributed by atoms with Gasteiger partial charge in [0.15, 0.2) is 5.76 Å². The van der Waals surface area contributed by atoms with Gasteiger partial charge in [0.1, 0.15) is 0 Å². The van der Waals surface area contributed by atoms with E-state index in [1.807, 2.05) is 24.0 Å². The molecule has 2 fully saturated rings. The normalized spacial score (nSPS) is 19.8. The van der Waals surface area contributed by atoms with Crippen molar-refractivity contribution in [3.8, 4) is 0 Å². The molecule has 0 saturated carbocycles. The van der Waals surface area contributed by atoms with Gasteiger partial charge in [-0.3, -0.25) is 14.7 Å². The Morgan fingerprint density at radius 1 is 1.32 bits per heavy atom. The number of hydrogen-bond donors (Lipinski definition) is 0. The van der Waals surface area contributed by atoms with Crippen molar-refractivity contribution in [2.75, 3.05) is 19.6 Å². The van der Waals surface area contributed by atoms with E-state index in [0.29, 0.717) is 5.76 Å². The summed E-state index contributed by atoms with van der Waals surface area (Å²) in [4.78, 5) is 21.3. The van der Waals surface area contributed by atoms with E-state index in [-0.39, 0.29) is 11.4 Å². The summed E-state index contributed by atoms with van der Waals surface area (Å²) in [6.07, 6.45) is 2.63. The van der Waals surface area contributed by atoms with Crippen molar-refractivity contribution >= 4 is 5.91 Å². The second-order valence-corrected chi connectivity index (χ2v) is 6.32. The largest absolute Gasteiger partial charge is 0.459 e. The molecule has 0 aromatic carbocycles. The van der Waals surface area contributed by atoms with E-state index in [0.717, 1.165) is 44.0 Å². The molecule has 0 atom stereocenters. The lowest BCUT2D eigenvalue weighted by Crippen LogP contribution is -2.77. The first kappa shape index (κ1) is 13.5. The van der Waals surface area contributed by atoms with Gasteiger partial charge < -0.3 is 9.32 Å². The summed E-state index contributed by atoms with van der Waals surface area (Å²) in [6.45, 7) is 5.54. The zero-order valence-corrected chi connectivity index (χ0v) is 12.7. The molecule has 5 heteroatoms. The van der Waals surface area contributed by atoms with E-state index >= 15 is 0 Å². The van der Waals surface area contributed by atoms with Crippen LogP contribution in [0.5, 0.6) is 0 Å². The van der Waals surface area contributed by atoms with E-state index in [2.05, 4.69) is 16.0 Å². The fourth-order valence-corrected chi connectivity index (χ4v) is 3.53. The highest BCUT2D eigenvalue weighted by Crippen LogP contribution is 2.40. The Morgan fingerprint density at radius 2 is 2.18 bits per heavy atom. The Bertz CT molecular complexity index is 690. The number of aromatic nitrogens is 1. The molecular weight excluding hydrogens is 278 g/mol. The van der Waals surface area contributed by atoms with Crippen molar-refractivity contribution in [2.45, 2.75) is 25.4 Å². The number of aryl methyl sites for hydroxylation is 1. The Labute approximate surface area is 129 Å². The lowest BCUT2D eigenvalue weighted by Gasteiger charge is -2.62. The van der Waals surface area contributed by atoms with Gasteiger partial charge in [0.2, 0.25) is 0 Å². The fourth-order valence-electron chi connectivity index (χ4n) is 3.53. The van der Waals surface area contributed by atoms with Crippen LogP contribution in [0.15, 0.2) is 41.0 Å². The third-order valence-electron chi connectivity index (χ3n) is 4.72. The SMILES string of the molecule is Cc1cccc(CN2CC3(CCN3C(=O)c3ccco3)C2)n1. The van der Waals surface area contributed by atoms with Gasteiger partial charge in [0, 0.05) is 31.9 Å². The summed E-state index contributed by atoms with van der Waals surface area (Å²) < 4.78 is 5.23. The highest BCUT2D eigenvalue weighted by atomic mass is 16.3. The average Bonchev–Trinajstić information content (AvgIpc) is 2.95. The predicted molar refractivity (Wildman–Crippen MR) is 81.3 cm³/mol. The van der Waals surface area contributed by atoms with E-state index in [9.17, 15) is 4.79 Å². The minimum Gasteiger partial charge on any atom is -0.459 e. The maximum Gasteiger partial charge on any atom is 0.290 e. The van der Waals surface area contributed by atoms with Gasteiger partial charge in [-0.15, -0.1) is 0 Å². The number of rotatable bonds is 3. The number of hydrogen-bond acceptors (Lipinski definition) is 4. The molecule has 2 aliphatic heterocycles. The summed E-state index contributed by atoms with van der Waals surface area (Å²) >= 11 is 0. The molecule has 0 N–H and O–H groups in total. The molecule has 2 aliphatic rings. The van der Waals surface area contributed by atoms with Crippen LogP contribution in [0, 0.1) is 6.92 Å².